The first-order valence-corrected chi connectivity index (χ1v) is 8.76. The minimum absolute atomic E-state index is 0.181. The van der Waals surface area contributed by atoms with Gasteiger partial charge in [0, 0.05) is 11.8 Å². The number of allylic oxidation sites excluding steroid dienone is 2. The Bertz CT molecular complexity index is 621. The van der Waals surface area contributed by atoms with Gasteiger partial charge in [-0.3, -0.25) is 4.79 Å². The molecule has 4 nitrogen and oxygen atoms in total. The van der Waals surface area contributed by atoms with Gasteiger partial charge >= 0.3 is 0 Å². The summed E-state index contributed by atoms with van der Waals surface area (Å²) in [6.45, 7) is 8.49. The lowest BCUT2D eigenvalue weighted by Crippen LogP contribution is -2.66. The minimum atomic E-state index is -1.00. The molecular formula is C19H26O4. The lowest BCUT2D eigenvalue weighted by molar-refractivity contribution is -0.514. The van der Waals surface area contributed by atoms with Crippen LogP contribution in [0.4, 0.5) is 0 Å². The first-order chi connectivity index (χ1) is 10.8. The second-order valence-corrected chi connectivity index (χ2v) is 8.29. The lowest BCUT2D eigenvalue weighted by Gasteiger charge is -2.58. The highest BCUT2D eigenvalue weighted by Gasteiger charge is 2.64. The van der Waals surface area contributed by atoms with E-state index in [2.05, 4.69) is 33.8 Å². The molecule has 5 atom stereocenters. The molecule has 1 saturated heterocycles. The Morgan fingerprint density at radius 3 is 2.83 bits per heavy atom. The molecule has 7 rings (SSSR count). The van der Waals surface area contributed by atoms with Gasteiger partial charge in [0.15, 0.2) is 5.78 Å². The van der Waals surface area contributed by atoms with Gasteiger partial charge in [0.05, 0.1) is 5.57 Å². The van der Waals surface area contributed by atoms with Crippen LogP contribution in [-0.2, 0) is 19.3 Å². The number of Topliss-reactive ketones (excluding diaryl/α,β-unsaturated/α-hetero) is 1. The number of carbonyl (C=O) groups is 1. The van der Waals surface area contributed by atoms with Crippen LogP contribution >= 0.6 is 0 Å². The van der Waals surface area contributed by atoms with Gasteiger partial charge in [0.2, 0.25) is 5.79 Å². The third-order valence-electron chi connectivity index (χ3n) is 6.61. The van der Waals surface area contributed by atoms with Crippen molar-refractivity contribution in [1.29, 1.82) is 0 Å². The number of fused-ring (bicyclic) bond motifs is 2. The van der Waals surface area contributed by atoms with Crippen molar-refractivity contribution in [2.75, 3.05) is 0 Å². The molecule has 2 aliphatic carbocycles. The number of carbonyl (C=O) groups excluding carboxylic acids is 1. The average molecular weight is 318 g/mol. The molecule has 5 bridgehead atoms. The van der Waals surface area contributed by atoms with E-state index in [4.69, 9.17) is 14.5 Å². The summed E-state index contributed by atoms with van der Waals surface area (Å²) < 4.78 is 6.44. The molecule has 0 N–H and O–H groups in total. The van der Waals surface area contributed by atoms with E-state index < -0.39 is 11.4 Å². The first kappa shape index (κ1) is 15.6. The largest absolute Gasteiger partial charge is 0.334 e. The maximum Gasteiger partial charge on any atom is 0.231 e. The molecular weight excluding hydrogens is 292 g/mol. The maximum absolute atomic E-state index is 13.3. The van der Waals surface area contributed by atoms with Gasteiger partial charge < -0.3 is 4.74 Å². The fourth-order valence-electron chi connectivity index (χ4n) is 4.58. The molecule has 126 valence electrons. The normalized spacial score (nSPS) is 51.7. The molecule has 7 aliphatic rings. The van der Waals surface area contributed by atoms with E-state index in [1.54, 1.807) is 0 Å². The Morgan fingerprint density at radius 1 is 1.26 bits per heavy atom. The van der Waals surface area contributed by atoms with E-state index in [1.807, 2.05) is 6.08 Å². The fraction of sp³-hybridized carbons (Fsp3) is 0.737. The molecule has 0 aromatic rings. The Kier molecular flexibility index (Phi) is 3.23. The van der Waals surface area contributed by atoms with E-state index >= 15 is 0 Å². The van der Waals surface area contributed by atoms with Crippen molar-refractivity contribution in [3.63, 3.8) is 0 Å². The van der Waals surface area contributed by atoms with Crippen LogP contribution in [0.25, 0.3) is 0 Å². The number of hydrogen-bond acceptors (Lipinski definition) is 4. The van der Waals surface area contributed by atoms with Gasteiger partial charge in [-0.2, -0.15) is 4.89 Å². The molecule has 23 heavy (non-hydrogen) atoms. The van der Waals surface area contributed by atoms with E-state index in [1.165, 1.54) is 5.57 Å². The molecule has 5 aliphatic heterocycles. The zero-order chi connectivity index (χ0) is 16.5. The fourth-order valence-corrected chi connectivity index (χ4v) is 4.58. The third-order valence-corrected chi connectivity index (χ3v) is 6.61. The highest BCUT2D eigenvalue weighted by molar-refractivity contribution is 6.02. The second-order valence-electron chi connectivity index (χ2n) is 8.29. The van der Waals surface area contributed by atoms with Gasteiger partial charge in [-0.15, -0.1) is 0 Å². The zero-order valence-corrected chi connectivity index (χ0v) is 14.5. The number of ether oxygens (including phenoxy) is 1. The van der Waals surface area contributed by atoms with Crippen molar-refractivity contribution >= 4 is 5.78 Å². The number of rotatable bonds is 0. The van der Waals surface area contributed by atoms with Crippen LogP contribution < -0.4 is 0 Å². The topological polar surface area (TPSA) is 44.8 Å². The Labute approximate surface area is 137 Å². The molecule has 2 fully saturated rings. The molecule has 0 aromatic heterocycles. The molecule has 0 aromatic carbocycles. The van der Waals surface area contributed by atoms with Crippen LogP contribution in [-0.4, -0.2) is 23.3 Å². The van der Waals surface area contributed by atoms with Crippen LogP contribution in [0, 0.1) is 11.3 Å². The summed E-state index contributed by atoms with van der Waals surface area (Å²) in [6.07, 6.45) is 8.31. The van der Waals surface area contributed by atoms with Crippen LogP contribution in [0.15, 0.2) is 23.3 Å². The van der Waals surface area contributed by atoms with Crippen LogP contribution in [0.5, 0.6) is 0 Å². The van der Waals surface area contributed by atoms with Crippen LogP contribution in [0.2, 0.25) is 0 Å². The number of hydrogen-bond donors (Lipinski definition) is 0. The summed E-state index contributed by atoms with van der Waals surface area (Å²) in [4.78, 5) is 24.6. The predicted octanol–water partition coefficient (Wildman–Crippen LogP) is 3.86. The number of ketones is 1. The first-order valence-electron chi connectivity index (χ1n) is 8.76. The van der Waals surface area contributed by atoms with E-state index in [-0.39, 0.29) is 23.2 Å². The predicted molar refractivity (Wildman–Crippen MR) is 85.4 cm³/mol. The van der Waals surface area contributed by atoms with Crippen LogP contribution in [0.1, 0.15) is 59.8 Å². The standard InChI is InChI=1S/C19H26O4/c1-12-6-5-8-18(4)15-10-14-16(20)17(3,9-7-12)13(2)11-19(14,22-18)23-21-15/h6,10,13,15H,5,7-9,11H2,1-4H3/b12-6-/t13-,15-,17+,18-,19+/m1/s1. The SMILES string of the molecule is C/C1=C/CC[C@@]2(C)O[C@]34C[C@@H](C)[C@](C)(CC1)C(=O)C3=C[C@H]2OO4. The van der Waals surface area contributed by atoms with Crippen molar-refractivity contribution in [2.24, 2.45) is 11.3 Å². The molecule has 0 unspecified atom stereocenters. The van der Waals surface area contributed by atoms with Gasteiger partial charge in [-0.25, -0.2) is 4.89 Å². The van der Waals surface area contributed by atoms with Crippen LogP contribution in [0.3, 0.4) is 0 Å². The van der Waals surface area contributed by atoms with E-state index in [0.717, 1.165) is 25.7 Å². The smallest absolute Gasteiger partial charge is 0.231 e. The monoisotopic (exact) mass is 318 g/mol. The Morgan fingerprint density at radius 2 is 2.04 bits per heavy atom. The lowest BCUT2D eigenvalue weighted by atomic mass is 9.60. The molecule has 5 heterocycles. The van der Waals surface area contributed by atoms with Gasteiger partial charge in [-0.1, -0.05) is 25.5 Å². The molecule has 0 amide bonds. The van der Waals surface area contributed by atoms with E-state index in [0.29, 0.717) is 12.0 Å². The average Bonchev–Trinajstić information content (AvgIpc) is 2.49. The molecule has 1 spiro atoms. The van der Waals surface area contributed by atoms with Crippen molar-refractivity contribution in [1.82, 2.24) is 0 Å². The van der Waals surface area contributed by atoms with Crippen molar-refractivity contribution < 1.29 is 19.3 Å². The highest BCUT2D eigenvalue weighted by Crippen LogP contribution is 2.56. The molecule has 0 radical (unpaired) electrons. The molecule has 4 heteroatoms. The summed E-state index contributed by atoms with van der Waals surface area (Å²) in [5, 5.41) is 0. The van der Waals surface area contributed by atoms with Gasteiger partial charge in [0.1, 0.15) is 11.7 Å². The summed E-state index contributed by atoms with van der Waals surface area (Å²) in [7, 11) is 0. The summed E-state index contributed by atoms with van der Waals surface area (Å²) >= 11 is 0. The third kappa shape index (κ3) is 2.04. The Hall–Kier alpha value is -0.970. The van der Waals surface area contributed by atoms with Gasteiger partial charge in [0.25, 0.3) is 0 Å². The van der Waals surface area contributed by atoms with Crippen molar-refractivity contribution in [3.8, 4) is 0 Å². The molecule has 1 saturated carbocycles. The zero-order valence-electron chi connectivity index (χ0n) is 14.5. The minimum Gasteiger partial charge on any atom is -0.334 e. The van der Waals surface area contributed by atoms with Crippen molar-refractivity contribution in [3.05, 3.63) is 23.3 Å². The Balaban J connectivity index is 1.86. The van der Waals surface area contributed by atoms with E-state index in [9.17, 15) is 4.79 Å². The van der Waals surface area contributed by atoms with Crippen molar-refractivity contribution in [2.45, 2.75) is 77.3 Å². The second kappa shape index (κ2) is 4.78. The summed E-state index contributed by atoms with van der Waals surface area (Å²) in [5.41, 5.74) is 1.26. The summed E-state index contributed by atoms with van der Waals surface area (Å²) in [5.74, 6) is -0.640. The maximum atomic E-state index is 13.3. The summed E-state index contributed by atoms with van der Waals surface area (Å²) in [6, 6.07) is 0. The quantitative estimate of drug-likeness (QED) is 0.502. The highest BCUT2D eigenvalue weighted by atomic mass is 17.2. The van der Waals surface area contributed by atoms with Gasteiger partial charge in [-0.05, 0) is 51.5 Å².